The molecule has 0 spiro atoms. The number of pyridine rings is 1. The Morgan fingerprint density at radius 1 is 0.837 bits per heavy atom. The molecule has 1 aromatic heterocycles. The number of carbonyl (C=O) groups excluding carboxylic acids is 2. The zero-order chi connectivity index (χ0) is 30.5. The van der Waals surface area contributed by atoms with Crippen molar-refractivity contribution in [2.24, 2.45) is 0 Å². The van der Waals surface area contributed by atoms with E-state index >= 15 is 4.39 Å². The van der Waals surface area contributed by atoms with Gasteiger partial charge in [-0.3, -0.25) is 18.8 Å². The summed E-state index contributed by atoms with van der Waals surface area (Å²) in [6, 6.07) is 17.7. The molecule has 1 aliphatic rings. The van der Waals surface area contributed by atoms with Gasteiger partial charge in [-0.2, -0.15) is 0 Å². The first-order valence-corrected chi connectivity index (χ1v) is 14.9. The molecule has 3 aromatic carbocycles. The lowest BCUT2D eigenvalue weighted by atomic mass is 10.0. The number of aromatic nitrogens is 1. The van der Waals surface area contributed by atoms with E-state index < -0.39 is 34.3 Å². The molecule has 0 fully saturated rings. The van der Waals surface area contributed by atoms with Crippen molar-refractivity contribution in [3.05, 3.63) is 136 Å². The van der Waals surface area contributed by atoms with Crippen LogP contribution in [0.2, 0.25) is 0 Å². The molecule has 0 aliphatic carbocycles. The van der Waals surface area contributed by atoms with Crippen LogP contribution in [0.25, 0.3) is 11.1 Å². The van der Waals surface area contributed by atoms with Gasteiger partial charge in [0.2, 0.25) is 5.91 Å². The summed E-state index contributed by atoms with van der Waals surface area (Å²) < 4.78 is 54.2. The van der Waals surface area contributed by atoms with Crippen molar-refractivity contribution in [2.45, 2.75) is 25.6 Å². The summed E-state index contributed by atoms with van der Waals surface area (Å²) in [7, 11) is 0.496. The molecule has 0 saturated heterocycles. The molecule has 0 bridgehead atoms. The van der Waals surface area contributed by atoms with Crippen molar-refractivity contribution in [3.63, 3.8) is 0 Å². The zero-order valence-corrected chi connectivity index (χ0v) is 24.1. The average molecular weight is 604 g/mol. The van der Waals surface area contributed by atoms with Crippen LogP contribution in [0.5, 0.6) is 0 Å². The number of hydrogen-bond donors (Lipinski definition) is 0. The summed E-state index contributed by atoms with van der Waals surface area (Å²) in [4.78, 5) is 33.6. The van der Waals surface area contributed by atoms with E-state index in [4.69, 9.17) is 0 Å². The molecule has 0 N–H and O–H groups in total. The maximum atomic E-state index is 15.1. The van der Waals surface area contributed by atoms with Crippen molar-refractivity contribution >= 4 is 22.6 Å². The minimum atomic E-state index is -1.22. The summed E-state index contributed by atoms with van der Waals surface area (Å²) in [5.74, 6) is -2.98. The molecular formula is C33H28F3N3O3S. The predicted molar refractivity (Wildman–Crippen MR) is 158 cm³/mol. The second-order valence-corrected chi connectivity index (χ2v) is 11.7. The first-order valence-electron chi connectivity index (χ1n) is 13.5. The third kappa shape index (κ3) is 7.26. The Morgan fingerprint density at radius 3 is 2.12 bits per heavy atom. The lowest BCUT2D eigenvalue weighted by Gasteiger charge is -2.28. The topological polar surface area (TPSA) is 70.6 Å². The largest absolute Gasteiger partial charge is 0.337 e. The molecule has 0 radical (unpaired) electrons. The summed E-state index contributed by atoms with van der Waals surface area (Å²) in [5, 5.41) is 1.54. The molecule has 4 aromatic rings. The second kappa shape index (κ2) is 13.2. The van der Waals surface area contributed by atoms with Crippen molar-refractivity contribution in [2.75, 3.05) is 12.8 Å². The Labute approximate surface area is 249 Å². The van der Waals surface area contributed by atoms with Gasteiger partial charge in [-0.1, -0.05) is 36.4 Å². The van der Waals surface area contributed by atoms with Crippen LogP contribution in [-0.4, -0.2) is 49.6 Å². The van der Waals surface area contributed by atoms with E-state index in [0.29, 0.717) is 23.2 Å². The standard InChI is InChI=1S/C33H28F3N3O3S/c1-38(19-23-10-13-37-14-11-23)33(41)24-4-2-22(3-5-24)20-39(28-12-15-43(42)21-28)32(40)18-27-7-6-25(16-30(27)35)26-8-9-29(34)31(36)17-26/h2-17,28H,18-21H2,1H3. The van der Waals surface area contributed by atoms with Gasteiger partial charge >= 0.3 is 0 Å². The van der Waals surface area contributed by atoms with Crippen LogP contribution >= 0.6 is 0 Å². The third-order valence-corrected chi connectivity index (χ3v) is 8.36. The average Bonchev–Trinajstić information content (AvgIpc) is 3.44. The van der Waals surface area contributed by atoms with E-state index in [9.17, 15) is 22.6 Å². The smallest absolute Gasteiger partial charge is 0.253 e. The Kier molecular flexibility index (Phi) is 9.16. The van der Waals surface area contributed by atoms with Crippen LogP contribution in [0, 0.1) is 17.5 Å². The molecule has 2 heterocycles. The lowest BCUT2D eigenvalue weighted by molar-refractivity contribution is -0.132. The van der Waals surface area contributed by atoms with Gasteiger partial charge in [-0.25, -0.2) is 13.2 Å². The second-order valence-electron chi connectivity index (χ2n) is 10.3. The third-order valence-electron chi connectivity index (χ3n) is 7.23. The normalized spacial score (nSPS) is 15.8. The Bertz CT molecular complexity index is 1700. The van der Waals surface area contributed by atoms with Crippen LogP contribution < -0.4 is 0 Å². The van der Waals surface area contributed by atoms with Crippen LogP contribution in [0.15, 0.2) is 96.7 Å². The highest BCUT2D eigenvalue weighted by Gasteiger charge is 2.27. The fourth-order valence-corrected chi connectivity index (χ4v) is 5.95. The van der Waals surface area contributed by atoms with Crippen LogP contribution in [0.4, 0.5) is 13.2 Å². The van der Waals surface area contributed by atoms with E-state index in [1.54, 1.807) is 71.1 Å². The highest BCUT2D eigenvalue weighted by atomic mass is 32.2. The Hall–Kier alpha value is -4.57. The number of amides is 2. The molecule has 43 heavy (non-hydrogen) atoms. The number of hydrogen-bond acceptors (Lipinski definition) is 4. The molecule has 6 nitrogen and oxygen atoms in total. The maximum Gasteiger partial charge on any atom is 0.253 e. The number of carbonyl (C=O) groups is 2. The highest BCUT2D eigenvalue weighted by Crippen LogP contribution is 2.25. The molecule has 10 heteroatoms. The summed E-state index contributed by atoms with van der Waals surface area (Å²) in [6.45, 7) is 0.593. The van der Waals surface area contributed by atoms with Gasteiger partial charge in [-0.15, -0.1) is 0 Å². The fourth-order valence-electron chi connectivity index (χ4n) is 4.86. The van der Waals surface area contributed by atoms with Crippen LogP contribution in [0.1, 0.15) is 27.0 Å². The summed E-state index contributed by atoms with van der Waals surface area (Å²) in [6.07, 6.45) is 4.80. The van der Waals surface area contributed by atoms with Gasteiger partial charge in [0.1, 0.15) is 5.82 Å². The number of halogens is 3. The number of benzene rings is 3. The highest BCUT2D eigenvalue weighted by molar-refractivity contribution is 7.88. The molecule has 2 unspecified atom stereocenters. The molecule has 5 rings (SSSR count). The molecule has 2 atom stereocenters. The first kappa shape index (κ1) is 29.9. The van der Waals surface area contributed by atoms with Crippen LogP contribution in [0.3, 0.4) is 0 Å². The van der Waals surface area contributed by atoms with E-state index in [2.05, 4.69) is 4.98 Å². The maximum absolute atomic E-state index is 15.1. The summed E-state index contributed by atoms with van der Waals surface area (Å²) in [5.41, 5.74) is 2.99. The van der Waals surface area contributed by atoms with Gasteiger partial charge in [0.25, 0.3) is 5.91 Å². The lowest BCUT2D eigenvalue weighted by Crippen LogP contribution is -2.41. The Morgan fingerprint density at radius 2 is 1.49 bits per heavy atom. The SMILES string of the molecule is CN(Cc1ccncc1)C(=O)c1ccc(CN(C(=O)Cc2ccc(-c3ccc(F)c(F)c3)cc2F)C2C=CS(=O)C2)cc1. The molecular weight excluding hydrogens is 575 g/mol. The van der Waals surface area contributed by atoms with Gasteiger partial charge in [0.15, 0.2) is 11.6 Å². The number of rotatable bonds is 9. The van der Waals surface area contributed by atoms with E-state index in [-0.39, 0.29) is 36.1 Å². The van der Waals surface area contributed by atoms with Crippen LogP contribution in [-0.2, 0) is 35.1 Å². The quantitative estimate of drug-likeness (QED) is 0.248. The number of nitrogens with zero attached hydrogens (tertiary/aromatic N) is 3. The van der Waals surface area contributed by atoms with Gasteiger partial charge in [0, 0.05) is 54.3 Å². The minimum absolute atomic E-state index is 0.141. The minimum Gasteiger partial charge on any atom is -0.337 e. The van der Waals surface area contributed by atoms with Crippen molar-refractivity contribution < 1.29 is 27.0 Å². The summed E-state index contributed by atoms with van der Waals surface area (Å²) >= 11 is 0. The van der Waals surface area contributed by atoms with Crippen molar-refractivity contribution in [1.82, 2.24) is 14.8 Å². The fraction of sp³-hybridized carbons (Fsp3) is 0.182. The van der Waals surface area contributed by atoms with Gasteiger partial charge < -0.3 is 9.80 Å². The first-order chi connectivity index (χ1) is 20.7. The van der Waals surface area contributed by atoms with Crippen molar-refractivity contribution in [3.8, 4) is 11.1 Å². The molecule has 0 saturated carbocycles. The predicted octanol–water partition coefficient (Wildman–Crippen LogP) is 5.65. The van der Waals surface area contributed by atoms with E-state index in [1.165, 1.54) is 18.2 Å². The van der Waals surface area contributed by atoms with Gasteiger partial charge in [-0.05, 0) is 70.3 Å². The van der Waals surface area contributed by atoms with Crippen molar-refractivity contribution in [1.29, 1.82) is 0 Å². The Balaban J connectivity index is 1.29. The van der Waals surface area contributed by atoms with E-state index in [1.807, 2.05) is 12.1 Å². The monoisotopic (exact) mass is 603 g/mol. The van der Waals surface area contributed by atoms with E-state index in [0.717, 1.165) is 23.3 Å². The zero-order valence-electron chi connectivity index (χ0n) is 23.3. The van der Waals surface area contributed by atoms with Gasteiger partial charge in [0.05, 0.1) is 18.2 Å². The molecule has 1 aliphatic heterocycles. The molecule has 220 valence electrons. The molecule has 2 amide bonds.